The lowest BCUT2D eigenvalue weighted by Crippen LogP contribution is -3.14. The number of carbonyl (C=O) groups excluding carboxylic acids is 1. The van der Waals surface area contributed by atoms with Crippen molar-refractivity contribution in [3.05, 3.63) is 34.3 Å². The Morgan fingerprint density at radius 2 is 1.88 bits per heavy atom. The maximum absolute atomic E-state index is 11.9. The number of nitrogens with one attached hydrogen (secondary N) is 1. The molecule has 0 radical (unpaired) electrons. The van der Waals surface area contributed by atoms with Gasteiger partial charge in [0.15, 0.2) is 5.78 Å². The van der Waals surface area contributed by atoms with Crippen molar-refractivity contribution in [2.45, 2.75) is 6.42 Å². The van der Waals surface area contributed by atoms with Crippen molar-refractivity contribution in [3.8, 4) is 0 Å². The summed E-state index contributed by atoms with van der Waals surface area (Å²) in [5.41, 5.74) is 0.806. The van der Waals surface area contributed by atoms with Crippen LogP contribution in [0.15, 0.2) is 28.7 Å². The fourth-order valence-electron chi connectivity index (χ4n) is 1.98. The van der Waals surface area contributed by atoms with E-state index in [4.69, 9.17) is 4.74 Å². The molecule has 0 unspecified atom stereocenters. The summed E-state index contributed by atoms with van der Waals surface area (Å²) in [7, 11) is 0. The molecular formula is C13H17BrNO2+. The molecule has 1 aliphatic heterocycles. The molecule has 92 valence electrons. The monoisotopic (exact) mass is 298 g/mol. The van der Waals surface area contributed by atoms with Gasteiger partial charge in [-0.25, -0.2) is 0 Å². The average molecular weight is 299 g/mol. The van der Waals surface area contributed by atoms with E-state index in [1.165, 1.54) is 4.90 Å². The highest BCUT2D eigenvalue weighted by molar-refractivity contribution is 9.10. The molecule has 1 fully saturated rings. The Bertz CT molecular complexity index is 372. The molecule has 1 saturated heterocycles. The topological polar surface area (TPSA) is 30.7 Å². The minimum Gasteiger partial charge on any atom is -0.370 e. The third-order valence-corrected chi connectivity index (χ3v) is 3.60. The third kappa shape index (κ3) is 3.91. The number of morpholine rings is 1. The van der Waals surface area contributed by atoms with Gasteiger partial charge in [0.05, 0.1) is 26.2 Å². The van der Waals surface area contributed by atoms with Gasteiger partial charge in [-0.15, -0.1) is 0 Å². The fraction of sp³-hybridized carbons (Fsp3) is 0.462. The molecule has 0 aromatic heterocycles. The van der Waals surface area contributed by atoms with Crippen LogP contribution in [0.5, 0.6) is 0 Å². The number of hydrogen-bond acceptors (Lipinski definition) is 2. The molecule has 1 aromatic rings. The van der Waals surface area contributed by atoms with Gasteiger partial charge < -0.3 is 9.64 Å². The third-order valence-electron chi connectivity index (χ3n) is 3.07. The maximum Gasteiger partial charge on any atom is 0.168 e. The molecule has 0 bridgehead atoms. The summed E-state index contributed by atoms with van der Waals surface area (Å²) in [6, 6.07) is 7.58. The number of carbonyl (C=O) groups is 1. The van der Waals surface area contributed by atoms with Gasteiger partial charge in [-0.1, -0.05) is 28.1 Å². The molecule has 0 spiro atoms. The van der Waals surface area contributed by atoms with Crippen LogP contribution in [-0.4, -0.2) is 38.6 Å². The average Bonchev–Trinajstić information content (AvgIpc) is 2.38. The lowest BCUT2D eigenvalue weighted by molar-refractivity contribution is -0.907. The molecule has 2 rings (SSSR count). The second kappa shape index (κ2) is 6.28. The Labute approximate surface area is 110 Å². The maximum atomic E-state index is 11.9. The van der Waals surface area contributed by atoms with E-state index < -0.39 is 0 Å². The Morgan fingerprint density at radius 3 is 2.53 bits per heavy atom. The lowest BCUT2D eigenvalue weighted by Gasteiger charge is -2.23. The van der Waals surface area contributed by atoms with Crippen LogP contribution in [0.3, 0.4) is 0 Å². The molecule has 17 heavy (non-hydrogen) atoms. The molecule has 0 amide bonds. The van der Waals surface area contributed by atoms with Gasteiger partial charge in [-0.2, -0.15) is 0 Å². The van der Waals surface area contributed by atoms with Crippen LogP contribution in [0.1, 0.15) is 16.8 Å². The Kier molecular flexibility index (Phi) is 4.71. The minimum atomic E-state index is 0.233. The van der Waals surface area contributed by atoms with Crippen molar-refractivity contribution in [1.29, 1.82) is 0 Å². The zero-order valence-electron chi connectivity index (χ0n) is 9.75. The number of ether oxygens (including phenoxy) is 1. The minimum absolute atomic E-state index is 0.233. The van der Waals surface area contributed by atoms with E-state index in [2.05, 4.69) is 15.9 Å². The van der Waals surface area contributed by atoms with Crippen LogP contribution in [0.25, 0.3) is 0 Å². The fourth-order valence-corrected chi connectivity index (χ4v) is 2.24. The Morgan fingerprint density at radius 1 is 1.24 bits per heavy atom. The number of quaternary nitrogens is 1. The quantitative estimate of drug-likeness (QED) is 0.839. The first-order chi connectivity index (χ1) is 8.25. The van der Waals surface area contributed by atoms with Crippen LogP contribution < -0.4 is 4.90 Å². The molecule has 1 heterocycles. The number of ketones is 1. The number of benzene rings is 1. The van der Waals surface area contributed by atoms with Gasteiger partial charge in [0.25, 0.3) is 0 Å². The van der Waals surface area contributed by atoms with Crippen LogP contribution in [0, 0.1) is 0 Å². The molecule has 1 aromatic carbocycles. The van der Waals surface area contributed by atoms with E-state index in [0.29, 0.717) is 6.42 Å². The zero-order chi connectivity index (χ0) is 12.1. The first-order valence-electron chi connectivity index (χ1n) is 5.96. The summed E-state index contributed by atoms with van der Waals surface area (Å²) in [6.45, 7) is 4.60. The lowest BCUT2D eigenvalue weighted by atomic mass is 10.1. The highest BCUT2D eigenvalue weighted by atomic mass is 79.9. The van der Waals surface area contributed by atoms with E-state index in [-0.39, 0.29) is 5.78 Å². The van der Waals surface area contributed by atoms with Gasteiger partial charge in [0.2, 0.25) is 0 Å². The predicted molar refractivity (Wildman–Crippen MR) is 69.5 cm³/mol. The van der Waals surface area contributed by atoms with Crippen molar-refractivity contribution in [2.24, 2.45) is 0 Å². The summed E-state index contributed by atoms with van der Waals surface area (Å²) >= 11 is 3.37. The standard InChI is InChI=1S/C13H16BrNO2/c14-12-3-1-11(2-4-12)13(16)5-6-15-7-9-17-10-8-15/h1-4H,5-10H2/p+1. The largest absolute Gasteiger partial charge is 0.370 e. The first-order valence-corrected chi connectivity index (χ1v) is 6.75. The van der Waals surface area contributed by atoms with E-state index in [1.54, 1.807) is 0 Å². The molecule has 0 saturated carbocycles. The molecule has 0 atom stereocenters. The van der Waals surface area contributed by atoms with Crippen LogP contribution in [-0.2, 0) is 4.74 Å². The SMILES string of the molecule is O=C(CC[NH+]1CCOCC1)c1ccc(Br)cc1. The second-order valence-electron chi connectivity index (χ2n) is 4.29. The van der Waals surface area contributed by atoms with Gasteiger partial charge in [0, 0.05) is 10.0 Å². The Balaban J connectivity index is 1.82. The first kappa shape index (κ1) is 12.7. The molecule has 1 aliphatic rings. The van der Waals surface area contributed by atoms with Crippen LogP contribution in [0.2, 0.25) is 0 Å². The van der Waals surface area contributed by atoms with Crippen molar-refractivity contribution < 1.29 is 14.4 Å². The summed E-state index contributed by atoms with van der Waals surface area (Å²) < 4.78 is 6.30. The van der Waals surface area contributed by atoms with Gasteiger partial charge in [-0.3, -0.25) is 4.79 Å². The van der Waals surface area contributed by atoms with E-state index in [0.717, 1.165) is 42.9 Å². The normalized spacial score (nSPS) is 17.0. The smallest absolute Gasteiger partial charge is 0.168 e. The highest BCUT2D eigenvalue weighted by Crippen LogP contribution is 2.11. The van der Waals surface area contributed by atoms with Gasteiger partial charge in [0.1, 0.15) is 13.1 Å². The van der Waals surface area contributed by atoms with Crippen molar-refractivity contribution in [3.63, 3.8) is 0 Å². The van der Waals surface area contributed by atoms with E-state index in [9.17, 15) is 4.79 Å². The Hall–Kier alpha value is -0.710. The number of Topliss-reactive ketones (excluding diaryl/α,β-unsaturated/α-hetero) is 1. The van der Waals surface area contributed by atoms with Gasteiger partial charge in [-0.05, 0) is 12.1 Å². The predicted octanol–water partition coefficient (Wildman–Crippen LogP) is 0.937. The molecule has 1 N–H and O–H groups in total. The summed E-state index contributed by atoms with van der Waals surface area (Å²) in [5.74, 6) is 0.233. The summed E-state index contributed by atoms with van der Waals surface area (Å²) in [6.07, 6.45) is 0.622. The van der Waals surface area contributed by atoms with E-state index in [1.807, 2.05) is 24.3 Å². The van der Waals surface area contributed by atoms with Crippen molar-refractivity contribution in [2.75, 3.05) is 32.8 Å². The van der Waals surface area contributed by atoms with E-state index >= 15 is 0 Å². The van der Waals surface area contributed by atoms with Gasteiger partial charge >= 0.3 is 0 Å². The van der Waals surface area contributed by atoms with Crippen LogP contribution in [0.4, 0.5) is 0 Å². The van der Waals surface area contributed by atoms with Crippen molar-refractivity contribution >= 4 is 21.7 Å². The van der Waals surface area contributed by atoms with Crippen LogP contribution >= 0.6 is 15.9 Å². The zero-order valence-corrected chi connectivity index (χ0v) is 11.3. The molecular weight excluding hydrogens is 282 g/mol. The number of hydrogen-bond donors (Lipinski definition) is 1. The second-order valence-corrected chi connectivity index (χ2v) is 5.21. The number of rotatable bonds is 4. The summed E-state index contributed by atoms with van der Waals surface area (Å²) in [4.78, 5) is 13.4. The molecule has 4 heteroatoms. The van der Waals surface area contributed by atoms with Crippen molar-refractivity contribution in [1.82, 2.24) is 0 Å². The molecule has 3 nitrogen and oxygen atoms in total. The highest BCUT2D eigenvalue weighted by Gasteiger charge is 2.15. The number of halogens is 1. The molecule has 0 aliphatic carbocycles. The summed E-state index contributed by atoms with van der Waals surface area (Å²) in [5, 5.41) is 0.